The third-order valence-corrected chi connectivity index (χ3v) is 3.06. The summed E-state index contributed by atoms with van der Waals surface area (Å²) in [6.07, 6.45) is 1.10. The van der Waals surface area contributed by atoms with Crippen LogP contribution in [-0.2, 0) is 17.6 Å². The van der Waals surface area contributed by atoms with Crippen LogP contribution in [0.2, 0.25) is 0 Å². The van der Waals surface area contributed by atoms with E-state index in [0.29, 0.717) is 24.1 Å². The molecule has 0 aliphatic rings. The maximum atomic E-state index is 13.0. The van der Waals surface area contributed by atoms with Gasteiger partial charge in [-0.15, -0.1) is 0 Å². The molecule has 2 aromatic carbocycles. The number of hydrogen-bond donors (Lipinski definition) is 1. The van der Waals surface area contributed by atoms with Crippen LogP contribution >= 0.6 is 0 Å². The van der Waals surface area contributed by atoms with Gasteiger partial charge in [0.2, 0.25) is 0 Å². The predicted molar refractivity (Wildman–Crippen MR) is 74.2 cm³/mol. The predicted octanol–water partition coefficient (Wildman–Crippen LogP) is 3.29. The van der Waals surface area contributed by atoms with E-state index in [2.05, 4.69) is 0 Å². The first-order valence-electron chi connectivity index (χ1n) is 6.34. The molecule has 0 bridgehead atoms. The molecule has 0 saturated heterocycles. The van der Waals surface area contributed by atoms with Crippen molar-refractivity contribution in [3.8, 4) is 0 Å². The van der Waals surface area contributed by atoms with Crippen LogP contribution in [0, 0.1) is 11.6 Å². The Morgan fingerprint density at radius 2 is 1.60 bits per heavy atom. The van der Waals surface area contributed by atoms with Crippen molar-refractivity contribution in [1.82, 2.24) is 0 Å². The van der Waals surface area contributed by atoms with Gasteiger partial charge < -0.3 is 5.73 Å². The Morgan fingerprint density at radius 1 is 0.950 bits per heavy atom. The molecular formula is C16H15F2NO. The highest BCUT2D eigenvalue weighted by molar-refractivity contribution is 5.81. The van der Waals surface area contributed by atoms with Gasteiger partial charge in [0, 0.05) is 18.5 Å². The van der Waals surface area contributed by atoms with Gasteiger partial charge in [-0.25, -0.2) is 8.78 Å². The molecule has 0 heterocycles. The van der Waals surface area contributed by atoms with Crippen molar-refractivity contribution in [3.63, 3.8) is 0 Å². The summed E-state index contributed by atoms with van der Waals surface area (Å²) in [6.45, 7) is 0. The summed E-state index contributed by atoms with van der Waals surface area (Å²) >= 11 is 0. The number of ketones is 1. The SMILES string of the molecule is Nc1ccc(CCC(=O)Cc2ccc(F)c(F)c2)cc1. The molecule has 2 nitrogen and oxygen atoms in total. The zero-order valence-corrected chi connectivity index (χ0v) is 10.9. The third kappa shape index (κ3) is 3.88. The molecule has 0 aliphatic heterocycles. The number of benzene rings is 2. The molecule has 2 aromatic rings. The summed E-state index contributed by atoms with van der Waals surface area (Å²) in [5.74, 6) is -1.83. The van der Waals surface area contributed by atoms with Crippen molar-refractivity contribution >= 4 is 11.5 Å². The second-order valence-electron chi connectivity index (χ2n) is 4.71. The number of hydrogen-bond acceptors (Lipinski definition) is 2. The number of nitrogens with two attached hydrogens (primary N) is 1. The minimum absolute atomic E-state index is 0.00664. The van der Waals surface area contributed by atoms with Crippen LogP contribution < -0.4 is 5.73 Å². The van der Waals surface area contributed by atoms with Crippen molar-refractivity contribution < 1.29 is 13.6 Å². The number of anilines is 1. The van der Waals surface area contributed by atoms with Crippen LogP contribution in [0.25, 0.3) is 0 Å². The average Bonchev–Trinajstić information content (AvgIpc) is 2.42. The summed E-state index contributed by atoms with van der Waals surface area (Å²) in [6, 6.07) is 10.9. The van der Waals surface area contributed by atoms with Gasteiger partial charge >= 0.3 is 0 Å². The molecule has 2 N–H and O–H groups in total. The lowest BCUT2D eigenvalue weighted by molar-refractivity contribution is -0.118. The first-order valence-corrected chi connectivity index (χ1v) is 6.34. The van der Waals surface area contributed by atoms with Crippen molar-refractivity contribution in [3.05, 3.63) is 65.2 Å². The van der Waals surface area contributed by atoms with Gasteiger partial charge in [0.25, 0.3) is 0 Å². The highest BCUT2D eigenvalue weighted by Gasteiger charge is 2.07. The van der Waals surface area contributed by atoms with E-state index < -0.39 is 11.6 Å². The molecular weight excluding hydrogens is 260 g/mol. The number of carbonyl (C=O) groups is 1. The largest absolute Gasteiger partial charge is 0.399 e. The lowest BCUT2D eigenvalue weighted by Crippen LogP contribution is -2.05. The Kier molecular flexibility index (Phi) is 4.45. The van der Waals surface area contributed by atoms with Crippen molar-refractivity contribution in [2.45, 2.75) is 19.3 Å². The molecule has 0 saturated carbocycles. The molecule has 2 rings (SSSR count). The molecule has 0 aliphatic carbocycles. The van der Waals surface area contributed by atoms with Crippen molar-refractivity contribution in [2.24, 2.45) is 0 Å². The number of rotatable bonds is 5. The lowest BCUT2D eigenvalue weighted by atomic mass is 10.0. The van der Waals surface area contributed by atoms with Crippen LogP contribution in [0.5, 0.6) is 0 Å². The quantitative estimate of drug-likeness (QED) is 0.851. The molecule has 4 heteroatoms. The summed E-state index contributed by atoms with van der Waals surface area (Å²) in [7, 11) is 0. The second-order valence-corrected chi connectivity index (χ2v) is 4.71. The van der Waals surface area contributed by atoms with Crippen LogP contribution in [0.3, 0.4) is 0 Å². The lowest BCUT2D eigenvalue weighted by Gasteiger charge is -2.03. The number of nitrogen functional groups attached to an aromatic ring is 1. The normalized spacial score (nSPS) is 10.5. The van der Waals surface area contributed by atoms with Crippen LogP contribution in [0.15, 0.2) is 42.5 Å². The van der Waals surface area contributed by atoms with Gasteiger partial charge in [-0.3, -0.25) is 4.79 Å². The fourth-order valence-electron chi connectivity index (χ4n) is 1.93. The smallest absolute Gasteiger partial charge is 0.159 e. The Hall–Kier alpha value is -2.23. The maximum Gasteiger partial charge on any atom is 0.159 e. The Morgan fingerprint density at radius 3 is 2.25 bits per heavy atom. The van der Waals surface area contributed by atoms with Crippen molar-refractivity contribution in [1.29, 1.82) is 0 Å². The molecule has 0 unspecified atom stereocenters. The zero-order chi connectivity index (χ0) is 14.5. The fourth-order valence-corrected chi connectivity index (χ4v) is 1.93. The Balaban J connectivity index is 1.89. The summed E-state index contributed by atoms with van der Waals surface area (Å²) in [4.78, 5) is 11.8. The summed E-state index contributed by atoms with van der Waals surface area (Å²) < 4.78 is 25.8. The Labute approximate surface area is 116 Å². The minimum Gasteiger partial charge on any atom is -0.399 e. The van der Waals surface area contributed by atoms with Crippen molar-refractivity contribution in [2.75, 3.05) is 5.73 Å². The van der Waals surface area contributed by atoms with Gasteiger partial charge in [0.1, 0.15) is 5.78 Å². The van der Waals surface area contributed by atoms with E-state index in [4.69, 9.17) is 5.73 Å². The number of halogens is 2. The van der Waals surface area contributed by atoms with Crippen LogP contribution in [0.4, 0.5) is 14.5 Å². The van der Waals surface area contributed by atoms with Gasteiger partial charge in [-0.05, 0) is 41.8 Å². The molecule has 0 spiro atoms. The first-order chi connectivity index (χ1) is 9.54. The first kappa shape index (κ1) is 14.2. The highest BCUT2D eigenvalue weighted by atomic mass is 19.2. The maximum absolute atomic E-state index is 13.0. The van der Waals surface area contributed by atoms with Gasteiger partial charge in [0.15, 0.2) is 11.6 Å². The van der Waals surface area contributed by atoms with E-state index in [1.807, 2.05) is 12.1 Å². The topological polar surface area (TPSA) is 43.1 Å². The molecule has 104 valence electrons. The Bertz CT molecular complexity index is 608. The average molecular weight is 275 g/mol. The molecule has 0 amide bonds. The molecule has 0 fully saturated rings. The third-order valence-electron chi connectivity index (χ3n) is 3.06. The van der Waals surface area contributed by atoms with Gasteiger partial charge in [-0.2, -0.15) is 0 Å². The fraction of sp³-hybridized carbons (Fsp3) is 0.188. The molecule has 20 heavy (non-hydrogen) atoms. The van der Waals surface area contributed by atoms with E-state index in [1.165, 1.54) is 6.07 Å². The second kappa shape index (κ2) is 6.28. The minimum atomic E-state index is -0.922. The van der Waals surface area contributed by atoms with E-state index >= 15 is 0 Å². The monoisotopic (exact) mass is 275 g/mol. The highest BCUT2D eigenvalue weighted by Crippen LogP contribution is 2.12. The van der Waals surface area contributed by atoms with Crippen LogP contribution in [0.1, 0.15) is 17.5 Å². The van der Waals surface area contributed by atoms with Gasteiger partial charge in [0.05, 0.1) is 0 Å². The summed E-state index contributed by atoms with van der Waals surface area (Å²) in [5, 5.41) is 0. The molecule has 0 atom stereocenters. The molecule has 0 aromatic heterocycles. The number of carbonyl (C=O) groups excluding carboxylic acids is 1. The van der Waals surface area contributed by atoms with Gasteiger partial charge in [-0.1, -0.05) is 18.2 Å². The standard InChI is InChI=1S/C16H15F2NO/c17-15-8-4-12(10-16(15)18)9-14(20)7-3-11-1-5-13(19)6-2-11/h1-2,4-6,8,10H,3,7,9,19H2. The van der Waals surface area contributed by atoms with E-state index in [0.717, 1.165) is 17.7 Å². The van der Waals surface area contributed by atoms with E-state index in [-0.39, 0.29) is 12.2 Å². The number of Topliss-reactive ketones (excluding diaryl/α,β-unsaturated/α-hetero) is 1. The summed E-state index contributed by atoms with van der Waals surface area (Å²) in [5.41, 5.74) is 7.78. The van der Waals surface area contributed by atoms with E-state index in [1.54, 1.807) is 12.1 Å². The van der Waals surface area contributed by atoms with Crippen LogP contribution in [-0.4, -0.2) is 5.78 Å². The zero-order valence-electron chi connectivity index (χ0n) is 10.9. The number of aryl methyl sites for hydroxylation is 1. The molecule has 0 radical (unpaired) electrons. The van der Waals surface area contributed by atoms with E-state index in [9.17, 15) is 13.6 Å².